The number of nitrogens with zero attached hydrogens (tertiary/aromatic N) is 2. The van der Waals surface area contributed by atoms with E-state index in [1.165, 1.54) is 32.2 Å². The highest BCUT2D eigenvalue weighted by atomic mass is 19.4. The molecule has 0 saturated heterocycles. The Morgan fingerprint density at radius 1 is 0.778 bits per heavy atom. The van der Waals surface area contributed by atoms with Crippen molar-refractivity contribution >= 4 is 0 Å². The first kappa shape index (κ1) is 22.1. The molecular formula is C20H20F4N2O. The smallest absolute Gasteiger partial charge is 0.416 e. The lowest BCUT2D eigenvalue weighted by atomic mass is 10.1. The number of hydrogen-bond acceptors (Lipinski definition) is 3. The molecule has 27 heavy (non-hydrogen) atoms. The Labute approximate surface area is 155 Å². The van der Waals surface area contributed by atoms with Crippen molar-refractivity contribution in [3.8, 4) is 6.01 Å². The SMILES string of the molecule is COc1ncccn1.Cc1ccccc1C(F)(F)F.Cc1ccccc1F. The number of ether oxygens (including phenoxy) is 1. The van der Waals surface area contributed by atoms with Crippen LogP contribution in [0, 0.1) is 19.7 Å². The highest BCUT2D eigenvalue weighted by molar-refractivity contribution is 5.27. The van der Waals surface area contributed by atoms with E-state index < -0.39 is 11.7 Å². The van der Waals surface area contributed by atoms with Crippen LogP contribution in [0.3, 0.4) is 0 Å². The zero-order chi connectivity index (χ0) is 20.3. The van der Waals surface area contributed by atoms with Gasteiger partial charge in [0, 0.05) is 12.4 Å². The molecule has 2 aromatic carbocycles. The van der Waals surface area contributed by atoms with Gasteiger partial charge < -0.3 is 4.74 Å². The second-order valence-corrected chi connectivity index (χ2v) is 5.30. The number of hydrogen-bond donors (Lipinski definition) is 0. The van der Waals surface area contributed by atoms with Gasteiger partial charge in [-0.1, -0.05) is 36.4 Å². The van der Waals surface area contributed by atoms with Crippen molar-refractivity contribution in [2.45, 2.75) is 20.0 Å². The molecule has 3 rings (SSSR count). The standard InChI is InChI=1S/C8H7F3.C7H7F.C5H6N2O/c1-6-4-2-3-5-7(6)8(9,10)11;1-6-4-2-3-5-7(6)8;1-8-5-6-3-2-4-7-5/h2-5H,1H3;2-5H,1H3;2-4H,1H3. The minimum atomic E-state index is -4.22. The number of rotatable bonds is 1. The highest BCUT2D eigenvalue weighted by Crippen LogP contribution is 2.31. The van der Waals surface area contributed by atoms with Crippen LogP contribution in [0.1, 0.15) is 16.7 Å². The summed E-state index contributed by atoms with van der Waals surface area (Å²) in [5, 5.41) is 0. The molecule has 0 atom stereocenters. The Bertz CT molecular complexity index is 787. The van der Waals surface area contributed by atoms with Crippen LogP contribution in [-0.2, 0) is 6.18 Å². The maximum Gasteiger partial charge on any atom is 0.416 e. The van der Waals surface area contributed by atoms with Crippen LogP contribution >= 0.6 is 0 Å². The van der Waals surface area contributed by atoms with E-state index in [2.05, 4.69) is 9.97 Å². The zero-order valence-corrected chi connectivity index (χ0v) is 15.2. The molecule has 0 aliphatic carbocycles. The highest BCUT2D eigenvalue weighted by Gasteiger charge is 2.31. The number of benzene rings is 2. The van der Waals surface area contributed by atoms with Gasteiger partial charge >= 0.3 is 12.2 Å². The van der Waals surface area contributed by atoms with Crippen molar-refractivity contribution in [3.05, 3.63) is 89.5 Å². The molecule has 3 aromatic rings. The summed E-state index contributed by atoms with van der Waals surface area (Å²) in [6.07, 6.45) is -0.955. The van der Waals surface area contributed by atoms with E-state index in [4.69, 9.17) is 4.74 Å². The molecule has 0 saturated carbocycles. The molecule has 0 spiro atoms. The molecule has 0 aliphatic heterocycles. The summed E-state index contributed by atoms with van der Waals surface area (Å²) in [7, 11) is 1.54. The van der Waals surface area contributed by atoms with E-state index in [0.717, 1.165) is 6.07 Å². The topological polar surface area (TPSA) is 35.0 Å². The first-order valence-corrected chi connectivity index (χ1v) is 7.90. The largest absolute Gasteiger partial charge is 0.467 e. The molecule has 0 aliphatic rings. The Kier molecular flexibility index (Phi) is 8.92. The summed E-state index contributed by atoms with van der Waals surface area (Å²) in [5.41, 5.74) is 0.410. The lowest BCUT2D eigenvalue weighted by Crippen LogP contribution is -2.06. The van der Waals surface area contributed by atoms with Crippen LogP contribution in [-0.4, -0.2) is 17.1 Å². The van der Waals surface area contributed by atoms with Gasteiger partial charge in [-0.15, -0.1) is 0 Å². The Balaban J connectivity index is 0.000000206. The number of alkyl halides is 3. The molecule has 0 fully saturated rings. The molecule has 144 valence electrons. The number of methoxy groups -OCH3 is 1. The molecule has 1 heterocycles. The second-order valence-electron chi connectivity index (χ2n) is 5.30. The van der Waals surface area contributed by atoms with Gasteiger partial charge in [0.1, 0.15) is 5.82 Å². The van der Waals surface area contributed by atoms with Crippen molar-refractivity contribution in [2.24, 2.45) is 0 Å². The van der Waals surface area contributed by atoms with Crippen molar-refractivity contribution in [3.63, 3.8) is 0 Å². The predicted octanol–water partition coefficient (Wildman–Crippen LogP) is 5.63. The summed E-state index contributed by atoms with van der Waals surface area (Å²) in [5.74, 6) is -0.132. The summed E-state index contributed by atoms with van der Waals surface area (Å²) in [6, 6.07) is 14.3. The predicted molar refractivity (Wildman–Crippen MR) is 95.9 cm³/mol. The fourth-order valence-corrected chi connectivity index (χ4v) is 1.83. The maximum absolute atomic E-state index is 12.3. The minimum Gasteiger partial charge on any atom is -0.467 e. The normalized spacial score (nSPS) is 10.0. The minimum absolute atomic E-state index is 0.132. The molecular weight excluding hydrogens is 360 g/mol. The first-order valence-electron chi connectivity index (χ1n) is 7.90. The summed E-state index contributed by atoms with van der Waals surface area (Å²) in [6.45, 7) is 3.19. The number of halogens is 4. The molecule has 0 radical (unpaired) electrons. The van der Waals surface area contributed by atoms with Gasteiger partial charge in [0.15, 0.2) is 0 Å². The molecule has 7 heteroatoms. The second kappa shape index (κ2) is 10.9. The van der Waals surface area contributed by atoms with E-state index in [0.29, 0.717) is 11.6 Å². The van der Waals surface area contributed by atoms with Crippen LogP contribution in [0.2, 0.25) is 0 Å². The fraction of sp³-hybridized carbons (Fsp3) is 0.200. The Hall–Kier alpha value is -2.96. The zero-order valence-electron chi connectivity index (χ0n) is 15.2. The van der Waals surface area contributed by atoms with Gasteiger partial charge in [-0.05, 0) is 43.2 Å². The third-order valence-electron chi connectivity index (χ3n) is 3.25. The van der Waals surface area contributed by atoms with Gasteiger partial charge in [-0.3, -0.25) is 0 Å². The van der Waals surface area contributed by atoms with Gasteiger partial charge in [0.2, 0.25) is 0 Å². The molecule has 1 aromatic heterocycles. The fourth-order valence-electron chi connectivity index (χ4n) is 1.83. The van der Waals surface area contributed by atoms with Gasteiger partial charge in [-0.2, -0.15) is 13.2 Å². The van der Waals surface area contributed by atoms with Crippen LogP contribution in [0.4, 0.5) is 17.6 Å². The maximum atomic E-state index is 12.3. The molecule has 0 unspecified atom stereocenters. The van der Waals surface area contributed by atoms with E-state index in [1.54, 1.807) is 43.6 Å². The summed E-state index contributed by atoms with van der Waals surface area (Å²) >= 11 is 0. The molecule has 0 N–H and O–H groups in total. The molecule has 3 nitrogen and oxygen atoms in total. The number of aromatic nitrogens is 2. The van der Waals surface area contributed by atoms with Gasteiger partial charge in [-0.25, -0.2) is 14.4 Å². The lowest BCUT2D eigenvalue weighted by Gasteiger charge is -2.08. The average Bonchev–Trinajstić information content (AvgIpc) is 2.65. The average molecular weight is 380 g/mol. The van der Waals surface area contributed by atoms with Crippen LogP contribution in [0.25, 0.3) is 0 Å². The quantitative estimate of drug-likeness (QED) is 0.513. The van der Waals surface area contributed by atoms with Crippen LogP contribution in [0.5, 0.6) is 6.01 Å². The van der Waals surface area contributed by atoms with Crippen LogP contribution < -0.4 is 4.74 Å². The van der Waals surface area contributed by atoms with Gasteiger partial charge in [0.25, 0.3) is 0 Å². The summed E-state index contributed by atoms with van der Waals surface area (Å²) < 4.78 is 53.2. The molecule has 0 amide bonds. The monoisotopic (exact) mass is 380 g/mol. The lowest BCUT2D eigenvalue weighted by molar-refractivity contribution is -0.138. The van der Waals surface area contributed by atoms with Crippen LogP contribution in [0.15, 0.2) is 67.0 Å². The third-order valence-corrected chi connectivity index (χ3v) is 3.25. The molecule has 0 bridgehead atoms. The number of aryl methyl sites for hydroxylation is 2. The van der Waals surface area contributed by atoms with Crippen molar-refractivity contribution in [1.82, 2.24) is 9.97 Å². The van der Waals surface area contributed by atoms with E-state index in [9.17, 15) is 17.6 Å². The van der Waals surface area contributed by atoms with Crippen molar-refractivity contribution in [1.29, 1.82) is 0 Å². The van der Waals surface area contributed by atoms with E-state index >= 15 is 0 Å². The van der Waals surface area contributed by atoms with Gasteiger partial charge in [0.05, 0.1) is 12.7 Å². The van der Waals surface area contributed by atoms with E-state index in [1.807, 2.05) is 6.07 Å². The summed E-state index contributed by atoms with van der Waals surface area (Å²) in [4.78, 5) is 7.53. The van der Waals surface area contributed by atoms with Crippen molar-refractivity contribution < 1.29 is 22.3 Å². The first-order chi connectivity index (χ1) is 12.8. The van der Waals surface area contributed by atoms with Crippen molar-refractivity contribution in [2.75, 3.05) is 7.11 Å². The Morgan fingerprint density at radius 2 is 1.30 bits per heavy atom. The third kappa shape index (κ3) is 8.31. The Morgan fingerprint density at radius 3 is 1.63 bits per heavy atom. The van der Waals surface area contributed by atoms with E-state index in [-0.39, 0.29) is 11.4 Å².